The van der Waals surface area contributed by atoms with Gasteiger partial charge in [-0.25, -0.2) is 4.79 Å². The molecule has 21 heavy (non-hydrogen) atoms. The number of halogens is 1. The Kier molecular flexibility index (Phi) is 5.48. The van der Waals surface area contributed by atoms with Crippen LogP contribution in [-0.2, 0) is 9.47 Å². The summed E-state index contributed by atoms with van der Waals surface area (Å²) in [5.41, 5.74) is 1.23. The van der Waals surface area contributed by atoms with Crippen LogP contribution in [0.25, 0.3) is 0 Å². The zero-order valence-corrected chi connectivity index (χ0v) is 13.4. The molecule has 0 saturated carbocycles. The molecule has 1 N–H and O–H groups in total. The fourth-order valence-corrected chi connectivity index (χ4v) is 2.74. The van der Waals surface area contributed by atoms with Gasteiger partial charge in [-0.2, -0.15) is 0 Å². The summed E-state index contributed by atoms with van der Waals surface area (Å²) in [5.74, 6) is 0.121. The van der Waals surface area contributed by atoms with E-state index in [0.29, 0.717) is 16.5 Å². The van der Waals surface area contributed by atoms with Crippen LogP contribution in [0.3, 0.4) is 0 Å². The van der Waals surface area contributed by atoms with Crippen LogP contribution in [0.5, 0.6) is 0 Å². The normalized spacial score (nSPS) is 22.1. The zero-order valence-electron chi connectivity index (χ0n) is 12.7. The van der Waals surface area contributed by atoms with Gasteiger partial charge in [0.1, 0.15) is 0 Å². The van der Waals surface area contributed by atoms with Crippen molar-refractivity contribution in [3.05, 3.63) is 28.8 Å². The molecule has 2 unspecified atom stereocenters. The minimum Gasteiger partial charge on any atom is -0.465 e. The molecular formula is C16H22ClNO3. The summed E-state index contributed by atoms with van der Waals surface area (Å²) >= 11 is 6.04. The highest BCUT2D eigenvalue weighted by molar-refractivity contribution is 6.31. The topological polar surface area (TPSA) is 47.6 Å². The van der Waals surface area contributed by atoms with Crippen molar-refractivity contribution in [3.8, 4) is 0 Å². The van der Waals surface area contributed by atoms with Gasteiger partial charge in [0.05, 0.1) is 24.5 Å². The highest BCUT2D eigenvalue weighted by atomic mass is 35.5. The molecule has 0 aromatic heterocycles. The molecule has 1 aromatic rings. The van der Waals surface area contributed by atoms with E-state index in [1.807, 2.05) is 0 Å². The minimum atomic E-state index is -0.360. The van der Waals surface area contributed by atoms with E-state index in [-0.39, 0.29) is 18.1 Å². The number of hydrogen-bond acceptors (Lipinski definition) is 4. The Bertz CT molecular complexity index is 504. The molecule has 0 radical (unpaired) electrons. The first-order valence-electron chi connectivity index (χ1n) is 7.27. The summed E-state index contributed by atoms with van der Waals surface area (Å²) in [7, 11) is 1.38. The number of rotatable bonds is 4. The third kappa shape index (κ3) is 4.11. The number of ether oxygens (including phenoxy) is 2. The second kappa shape index (κ2) is 7.14. The van der Waals surface area contributed by atoms with Crippen molar-refractivity contribution in [2.45, 2.75) is 38.8 Å². The first-order valence-corrected chi connectivity index (χ1v) is 7.65. The van der Waals surface area contributed by atoms with Crippen LogP contribution in [0.1, 0.15) is 37.0 Å². The first kappa shape index (κ1) is 16.1. The van der Waals surface area contributed by atoms with Crippen LogP contribution in [0.2, 0.25) is 5.02 Å². The molecule has 4 nitrogen and oxygen atoms in total. The predicted molar refractivity (Wildman–Crippen MR) is 84.0 cm³/mol. The van der Waals surface area contributed by atoms with Gasteiger partial charge in [-0.05, 0) is 37.0 Å². The largest absolute Gasteiger partial charge is 0.465 e. The molecular weight excluding hydrogens is 290 g/mol. The van der Waals surface area contributed by atoms with Crippen molar-refractivity contribution >= 4 is 23.3 Å². The van der Waals surface area contributed by atoms with Crippen molar-refractivity contribution in [2.24, 2.45) is 5.92 Å². The molecule has 0 bridgehead atoms. The lowest BCUT2D eigenvalue weighted by molar-refractivity contribution is -0.0160. The maximum atomic E-state index is 11.8. The molecule has 2 atom stereocenters. The molecule has 0 amide bonds. The summed E-state index contributed by atoms with van der Waals surface area (Å²) in [4.78, 5) is 11.8. The van der Waals surface area contributed by atoms with Crippen LogP contribution >= 0.6 is 11.6 Å². The number of carbonyl (C=O) groups excluding carboxylic acids is 1. The number of esters is 1. The van der Waals surface area contributed by atoms with Crippen molar-refractivity contribution in [1.29, 1.82) is 0 Å². The Morgan fingerprint density at radius 1 is 1.48 bits per heavy atom. The Labute approximate surface area is 130 Å². The van der Waals surface area contributed by atoms with Gasteiger partial charge in [0.25, 0.3) is 0 Å². The molecule has 5 heteroatoms. The molecule has 1 aliphatic heterocycles. The molecule has 1 fully saturated rings. The SMILES string of the molecule is COC(=O)c1ccc(Cl)cc1NC1CCOC(C(C)C)C1. The second-order valence-electron chi connectivity index (χ2n) is 5.70. The Morgan fingerprint density at radius 2 is 2.24 bits per heavy atom. The van der Waals surface area contributed by atoms with Crippen LogP contribution < -0.4 is 5.32 Å². The average molecular weight is 312 g/mol. The van der Waals surface area contributed by atoms with Crippen molar-refractivity contribution in [2.75, 3.05) is 19.0 Å². The molecule has 0 spiro atoms. The van der Waals surface area contributed by atoms with Gasteiger partial charge in [-0.15, -0.1) is 0 Å². The first-order chi connectivity index (χ1) is 10.0. The van der Waals surface area contributed by atoms with Gasteiger partial charge in [-0.3, -0.25) is 0 Å². The van der Waals surface area contributed by atoms with Gasteiger partial charge < -0.3 is 14.8 Å². The van der Waals surface area contributed by atoms with Crippen molar-refractivity contribution in [3.63, 3.8) is 0 Å². The average Bonchev–Trinajstić information content (AvgIpc) is 2.47. The lowest BCUT2D eigenvalue weighted by Crippen LogP contribution is -2.37. The van der Waals surface area contributed by atoms with Gasteiger partial charge in [-0.1, -0.05) is 25.4 Å². The van der Waals surface area contributed by atoms with E-state index in [1.54, 1.807) is 18.2 Å². The molecule has 1 aliphatic rings. The van der Waals surface area contributed by atoms with Gasteiger partial charge in [0.15, 0.2) is 0 Å². The molecule has 116 valence electrons. The van der Waals surface area contributed by atoms with Gasteiger partial charge in [0, 0.05) is 17.7 Å². The maximum absolute atomic E-state index is 11.8. The lowest BCUT2D eigenvalue weighted by Gasteiger charge is -2.33. The van der Waals surface area contributed by atoms with E-state index in [2.05, 4.69) is 19.2 Å². The van der Waals surface area contributed by atoms with Gasteiger partial charge >= 0.3 is 5.97 Å². The Balaban J connectivity index is 2.14. The predicted octanol–water partition coefficient (Wildman–Crippen LogP) is 3.74. The number of benzene rings is 1. The molecule has 1 saturated heterocycles. The van der Waals surface area contributed by atoms with Crippen LogP contribution in [0.4, 0.5) is 5.69 Å². The number of nitrogens with one attached hydrogen (secondary N) is 1. The van der Waals surface area contributed by atoms with Crippen LogP contribution in [-0.4, -0.2) is 31.8 Å². The van der Waals surface area contributed by atoms with Crippen LogP contribution in [0, 0.1) is 5.92 Å². The second-order valence-corrected chi connectivity index (χ2v) is 6.14. The number of carbonyl (C=O) groups is 1. The van der Waals surface area contributed by atoms with E-state index in [4.69, 9.17) is 21.1 Å². The van der Waals surface area contributed by atoms with Crippen LogP contribution in [0.15, 0.2) is 18.2 Å². The fraction of sp³-hybridized carbons (Fsp3) is 0.562. The number of anilines is 1. The summed E-state index contributed by atoms with van der Waals surface area (Å²) < 4.78 is 10.6. The lowest BCUT2D eigenvalue weighted by atomic mass is 9.95. The monoisotopic (exact) mass is 311 g/mol. The Hall–Kier alpha value is -1.26. The molecule has 0 aliphatic carbocycles. The fourth-order valence-electron chi connectivity index (χ4n) is 2.57. The third-order valence-corrected chi connectivity index (χ3v) is 4.04. The molecule has 2 rings (SSSR count). The van der Waals surface area contributed by atoms with E-state index >= 15 is 0 Å². The highest BCUT2D eigenvalue weighted by Gasteiger charge is 2.26. The van der Waals surface area contributed by atoms with E-state index in [9.17, 15) is 4.79 Å². The molecule has 1 heterocycles. The smallest absolute Gasteiger partial charge is 0.339 e. The molecule has 1 aromatic carbocycles. The zero-order chi connectivity index (χ0) is 15.4. The summed E-state index contributed by atoms with van der Waals surface area (Å²) in [6, 6.07) is 5.43. The van der Waals surface area contributed by atoms with Crippen molar-refractivity contribution < 1.29 is 14.3 Å². The number of hydrogen-bond donors (Lipinski definition) is 1. The van der Waals surface area contributed by atoms with Crippen molar-refractivity contribution in [1.82, 2.24) is 0 Å². The highest BCUT2D eigenvalue weighted by Crippen LogP contribution is 2.27. The summed E-state index contributed by atoms with van der Waals surface area (Å²) in [6.07, 6.45) is 2.08. The standard InChI is InChI=1S/C16H22ClNO3/c1-10(2)15-9-12(6-7-21-15)18-14-8-11(17)4-5-13(14)16(19)20-3/h4-5,8,10,12,15,18H,6-7,9H2,1-3H3. The van der Waals surface area contributed by atoms with E-state index in [1.165, 1.54) is 7.11 Å². The number of methoxy groups -OCH3 is 1. The quantitative estimate of drug-likeness (QED) is 0.860. The minimum absolute atomic E-state index is 0.247. The summed E-state index contributed by atoms with van der Waals surface area (Å²) in [6.45, 7) is 5.05. The summed E-state index contributed by atoms with van der Waals surface area (Å²) in [5, 5.41) is 4.02. The van der Waals surface area contributed by atoms with E-state index in [0.717, 1.165) is 25.1 Å². The van der Waals surface area contributed by atoms with E-state index < -0.39 is 0 Å². The van der Waals surface area contributed by atoms with Gasteiger partial charge in [0.2, 0.25) is 0 Å². The third-order valence-electron chi connectivity index (χ3n) is 3.81. The Morgan fingerprint density at radius 3 is 2.90 bits per heavy atom. The maximum Gasteiger partial charge on any atom is 0.339 e.